The summed E-state index contributed by atoms with van der Waals surface area (Å²) in [6, 6.07) is 31.5. The first kappa shape index (κ1) is 22.7. The molecule has 0 saturated carbocycles. The quantitative estimate of drug-likeness (QED) is 0.346. The summed E-state index contributed by atoms with van der Waals surface area (Å²) >= 11 is 0. The van der Waals surface area contributed by atoms with E-state index in [-0.39, 0.29) is 0 Å². The third kappa shape index (κ3) is 6.51. The SMILES string of the molecule is CN(C)Cc1ccc(-c2ccccc2CNCc2ccccc2OCc2ccccn2)cc1. The summed E-state index contributed by atoms with van der Waals surface area (Å²) in [5.41, 5.74) is 7.17. The van der Waals surface area contributed by atoms with Crippen LogP contribution in [0.4, 0.5) is 0 Å². The summed E-state index contributed by atoms with van der Waals surface area (Å²) in [6.45, 7) is 2.93. The molecule has 0 bridgehead atoms. The highest BCUT2D eigenvalue weighted by atomic mass is 16.5. The number of nitrogens with one attached hydrogen (secondary N) is 1. The summed E-state index contributed by atoms with van der Waals surface area (Å²) in [5, 5.41) is 3.60. The van der Waals surface area contributed by atoms with Gasteiger partial charge in [-0.25, -0.2) is 0 Å². The van der Waals surface area contributed by atoms with Gasteiger partial charge < -0.3 is 15.0 Å². The zero-order valence-electron chi connectivity index (χ0n) is 19.4. The number of hydrogen-bond donors (Lipinski definition) is 1. The summed E-state index contributed by atoms with van der Waals surface area (Å²) in [6.07, 6.45) is 1.79. The van der Waals surface area contributed by atoms with Gasteiger partial charge in [-0.3, -0.25) is 4.98 Å². The number of pyridine rings is 1. The van der Waals surface area contributed by atoms with Crippen molar-refractivity contribution in [1.82, 2.24) is 15.2 Å². The Morgan fingerprint density at radius 2 is 1.45 bits per heavy atom. The molecule has 33 heavy (non-hydrogen) atoms. The van der Waals surface area contributed by atoms with Gasteiger partial charge in [-0.05, 0) is 54.5 Å². The molecule has 0 unspecified atom stereocenters. The van der Waals surface area contributed by atoms with Gasteiger partial charge in [-0.15, -0.1) is 0 Å². The number of aromatic nitrogens is 1. The largest absolute Gasteiger partial charge is 0.487 e. The minimum atomic E-state index is 0.463. The normalized spacial score (nSPS) is 11.0. The summed E-state index contributed by atoms with van der Waals surface area (Å²) in [5.74, 6) is 0.889. The monoisotopic (exact) mass is 437 g/mol. The van der Waals surface area contributed by atoms with Crippen LogP contribution >= 0.6 is 0 Å². The van der Waals surface area contributed by atoms with Crippen molar-refractivity contribution in [3.05, 3.63) is 120 Å². The standard InChI is InChI=1S/C29H31N3O/c1-32(2)21-23-14-16-24(17-15-23)28-12-5-3-9-25(28)19-30-20-26-10-4-6-13-29(26)33-22-27-11-7-8-18-31-27/h3-18,30H,19-22H2,1-2H3. The fourth-order valence-corrected chi connectivity index (χ4v) is 3.87. The van der Waals surface area contributed by atoms with Crippen LogP contribution in [0.1, 0.15) is 22.4 Å². The van der Waals surface area contributed by atoms with Gasteiger partial charge in [-0.2, -0.15) is 0 Å². The van der Waals surface area contributed by atoms with Crippen molar-refractivity contribution in [2.75, 3.05) is 14.1 Å². The number of hydrogen-bond acceptors (Lipinski definition) is 4. The molecule has 1 heterocycles. The second kappa shape index (κ2) is 11.4. The van der Waals surface area contributed by atoms with Crippen LogP contribution in [0.25, 0.3) is 11.1 Å². The van der Waals surface area contributed by atoms with Crippen LogP contribution in [-0.2, 0) is 26.2 Å². The molecule has 4 heteroatoms. The second-order valence-electron chi connectivity index (χ2n) is 8.41. The molecule has 0 aliphatic rings. The predicted octanol–water partition coefficient (Wildman–Crippen LogP) is 5.68. The zero-order valence-corrected chi connectivity index (χ0v) is 19.4. The molecule has 0 spiro atoms. The lowest BCUT2D eigenvalue weighted by molar-refractivity contribution is 0.297. The van der Waals surface area contributed by atoms with Crippen molar-refractivity contribution in [1.29, 1.82) is 0 Å². The molecule has 0 aliphatic carbocycles. The van der Waals surface area contributed by atoms with Crippen molar-refractivity contribution in [3.63, 3.8) is 0 Å². The Kier molecular flexibility index (Phi) is 7.85. The van der Waals surface area contributed by atoms with Crippen molar-refractivity contribution >= 4 is 0 Å². The van der Waals surface area contributed by atoms with Crippen LogP contribution in [-0.4, -0.2) is 24.0 Å². The van der Waals surface area contributed by atoms with Gasteiger partial charge in [0.2, 0.25) is 0 Å². The van der Waals surface area contributed by atoms with E-state index in [9.17, 15) is 0 Å². The van der Waals surface area contributed by atoms with Crippen molar-refractivity contribution < 1.29 is 4.74 Å². The lowest BCUT2D eigenvalue weighted by atomic mass is 9.98. The van der Waals surface area contributed by atoms with Crippen LogP contribution in [0.3, 0.4) is 0 Å². The molecule has 0 atom stereocenters. The molecule has 1 N–H and O–H groups in total. The fourth-order valence-electron chi connectivity index (χ4n) is 3.87. The number of benzene rings is 3. The molecule has 4 rings (SSSR count). The molecule has 0 amide bonds. The maximum absolute atomic E-state index is 6.05. The lowest BCUT2D eigenvalue weighted by Gasteiger charge is -2.14. The Hall–Kier alpha value is -3.47. The summed E-state index contributed by atoms with van der Waals surface area (Å²) < 4.78 is 6.05. The molecule has 4 aromatic rings. The number of rotatable bonds is 10. The van der Waals surface area contributed by atoms with Crippen molar-refractivity contribution in [2.24, 2.45) is 0 Å². The first-order valence-corrected chi connectivity index (χ1v) is 11.3. The minimum Gasteiger partial charge on any atom is -0.487 e. The molecular formula is C29H31N3O. The first-order valence-electron chi connectivity index (χ1n) is 11.3. The minimum absolute atomic E-state index is 0.463. The molecule has 0 radical (unpaired) electrons. The van der Waals surface area contributed by atoms with Crippen LogP contribution < -0.4 is 10.1 Å². The summed E-state index contributed by atoms with van der Waals surface area (Å²) in [4.78, 5) is 6.53. The number of ether oxygens (including phenoxy) is 1. The van der Waals surface area contributed by atoms with Crippen molar-refractivity contribution in [3.8, 4) is 16.9 Å². The van der Waals surface area contributed by atoms with E-state index in [1.807, 2.05) is 36.4 Å². The van der Waals surface area contributed by atoms with Crippen LogP contribution in [0.2, 0.25) is 0 Å². The topological polar surface area (TPSA) is 37.4 Å². The smallest absolute Gasteiger partial charge is 0.130 e. The highest BCUT2D eigenvalue weighted by molar-refractivity contribution is 5.67. The maximum Gasteiger partial charge on any atom is 0.130 e. The molecule has 0 saturated heterocycles. The highest BCUT2D eigenvalue weighted by Crippen LogP contribution is 2.25. The first-order chi connectivity index (χ1) is 16.2. The van der Waals surface area contributed by atoms with E-state index in [1.54, 1.807) is 6.20 Å². The summed E-state index contributed by atoms with van der Waals surface area (Å²) in [7, 11) is 4.19. The van der Waals surface area contributed by atoms with Gasteiger partial charge in [-0.1, -0.05) is 72.8 Å². The average Bonchev–Trinajstić information content (AvgIpc) is 2.85. The Labute approximate surface area is 196 Å². The van der Waals surface area contributed by atoms with Gasteiger partial charge in [0.15, 0.2) is 0 Å². The van der Waals surface area contributed by atoms with Gasteiger partial charge in [0.05, 0.1) is 5.69 Å². The van der Waals surface area contributed by atoms with E-state index in [0.29, 0.717) is 6.61 Å². The maximum atomic E-state index is 6.05. The predicted molar refractivity (Wildman–Crippen MR) is 135 cm³/mol. The number of para-hydroxylation sites is 1. The average molecular weight is 438 g/mol. The molecule has 3 aromatic carbocycles. The molecule has 0 aliphatic heterocycles. The molecule has 168 valence electrons. The van der Waals surface area contributed by atoms with Crippen LogP contribution in [0, 0.1) is 0 Å². The fraction of sp³-hybridized carbons (Fsp3) is 0.207. The van der Waals surface area contributed by atoms with E-state index in [1.165, 1.54) is 22.3 Å². The lowest BCUT2D eigenvalue weighted by Crippen LogP contribution is -2.14. The second-order valence-corrected chi connectivity index (χ2v) is 8.41. The van der Waals surface area contributed by atoms with Crippen molar-refractivity contribution in [2.45, 2.75) is 26.2 Å². The van der Waals surface area contributed by atoms with Crippen LogP contribution in [0.15, 0.2) is 97.2 Å². The number of nitrogens with zero attached hydrogens (tertiary/aromatic N) is 2. The Bertz CT molecular complexity index is 1140. The van der Waals surface area contributed by atoms with E-state index in [0.717, 1.165) is 36.6 Å². The zero-order chi connectivity index (χ0) is 22.9. The Morgan fingerprint density at radius 3 is 2.21 bits per heavy atom. The molecule has 1 aromatic heterocycles. The van der Waals surface area contributed by atoms with Gasteiger partial charge >= 0.3 is 0 Å². The Balaban J connectivity index is 1.40. The van der Waals surface area contributed by atoms with E-state index >= 15 is 0 Å². The van der Waals surface area contributed by atoms with Crippen LogP contribution in [0.5, 0.6) is 5.75 Å². The van der Waals surface area contributed by atoms with E-state index in [2.05, 4.69) is 83.9 Å². The van der Waals surface area contributed by atoms with E-state index in [4.69, 9.17) is 4.74 Å². The third-order valence-electron chi connectivity index (χ3n) is 5.49. The Morgan fingerprint density at radius 1 is 0.758 bits per heavy atom. The third-order valence-corrected chi connectivity index (χ3v) is 5.49. The molecular weight excluding hydrogens is 406 g/mol. The highest BCUT2D eigenvalue weighted by Gasteiger charge is 2.07. The molecule has 0 fully saturated rings. The van der Waals surface area contributed by atoms with E-state index < -0.39 is 0 Å². The molecule has 4 nitrogen and oxygen atoms in total. The van der Waals surface area contributed by atoms with Gasteiger partial charge in [0.25, 0.3) is 0 Å². The van der Waals surface area contributed by atoms with Gasteiger partial charge in [0.1, 0.15) is 12.4 Å². The van der Waals surface area contributed by atoms with Gasteiger partial charge in [0, 0.05) is 31.4 Å².